The molecule has 0 fully saturated rings. The summed E-state index contributed by atoms with van der Waals surface area (Å²) in [7, 11) is 0. The highest BCUT2D eigenvalue weighted by molar-refractivity contribution is 5.92. The van der Waals surface area contributed by atoms with Gasteiger partial charge in [0.25, 0.3) is 0 Å². The molecule has 0 bridgehead atoms. The number of nitriles is 1. The number of nitrogens with zero attached hydrogens (tertiary/aromatic N) is 2. The summed E-state index contributed by atoms with van der Waals surface area (Å²) in [4.78, 5) is 6.86. The maximum Gasteiger partial charge on any atom is 0.210 e. The highest BCUT2D eigenvalue weighted by Gasteiger charge is 2.09. The predicted octanol–water partition coefficient (Wildman–Crippen LogP) is 2.69. The van der Waals surface area contributed by atoms with Gasteiger partial charge in [0, 0.05) is 10.9 Å². The van der Waals surface area contributed by atoms with E-state index in [1.165, 1.54) is 0 Å². The molecule has 4 nitrogen and oxygen atoms in total. The summed E-state index contributed by atoms with van der Waals surface area (Å²) < 4.78 is 5.42. The van der Waals surface area contributed by atoms with Gasteiger partial charge in [0.15, 0.2) is 0 Å². The first-order chi connectivity index (χ1) is 7.88. The molecule has 4 heteroatoms. The first kappa shape index (κ1) is 8.74. The van der Waals surface area contributed by atoms with E-state index in [0.29, 0.717) is 5.82 Å². The van der Waals surface area contributed by atoms with Gasteiger partial charge in [-0.2, -0.15) is 5.26 Å². The van der Waals surface area contributed by atoms with E-state index in [1.807, 2.05) is 30.3 Å². The van der Waals surface area contributed by atoms with Crippen LogP contribution in [0.5, 0.6) is 0 Å². The van der Waals surface area contributed by atoms with Gasteiger partial charge in [0.1, 0.15) is 17.9 Å². The van der Waals surface area contributed by atoms with Gasteiger partial charge in [-0.1, -0.05) is 18.2 Å². The van der Waals surface area contributed by atoms with Crippen molar-refractivity contribution in [1.29, 1.82) is 5.26 Å². The second-order valence-electron chi connectivity index (χ2n) is 3.40. The first-order valence-electron chi connectivity index (χ1n) is 4.80. The third-order valence-electron chi connectivity index (χ3n) is 2.45. The Morgan fingerprint density at radius 3 is 3.00 bits per heavy atom. The predicted molar refractivity (Wildman–Crippen MR) is 58.5 cm³/mol. The molecule has 2 aromatic heterocycles. The van der Waals surface area contributed by atoms with E-state index in [1.54, 1.807) is 12.5 Å². The van der Waals surface area contributed by atoms with Gasteiger partial charge >= 0.3 is 0 Å². The van der Waals surface area contributed by atoms with Gasteiger partial charge in [-0.05, 0) is 6.07 Å². The van der Waals surface area contributed by atoms with Gasteiger partial charge in [-0.25, -0.2) is 4.98 Å². The Morgan fingerprint density at radius 1 is 1.31 bits per heavy atom. The number of benzene rings is 1. The zero-order chi connectivity index (χ0) is 11.0. The number of nitrogens with one attached hydrogen (secondary N) is 1. The molecule has 0 aliphatic heterocycles. The molecule has 0 saturated heterocycles. The summed E-state index contributed by atoms with van der Waals surface area (Å²) in [5, 5.41) is 9.70. The number of para-hydroxylation sites is 1. The van der Waals surface area contributed by atoms with Crippen LogP contribution in [0.3, 0.4) is 0 Å². The molecule has 3 aromatic rings. The van der Waals surface area contributed by atoms with Crippen molar-refractivity contribution in [2.75, 3.05) is 0 Å². The van der Waals surface area contributed by atoms with Crippen LogP contribution in [0.2, 0.25) is 0 Å². The number of imidazole rings is 1. The fourth-order valence-electron chi connectivity index (χ4n) is 1.70. The number of furan rings is 1. The molecular formula is C12H7N3O. The number of H-pyrrole nitrogens is 1. The topological polar surface area (TPSA) is 65.6 Å². The van der Waals surface area contributed by atoms with Crippen LogP contribution in [0.4, 0.5) is 0 Å². The molecule has 76 valence electrons. The van der Waals surface area contributed by atoms with Gasteiger partial charge in [0.05, 0.1) is 11.9 Å². The Balaban J connectivity index is 2.23. The Morgan fingerprint density at radius 2 is 2.19 bits per heavy atom. The lowest BCUT2D eigenvalue weighted by molar-refractivity contribution is 0.617. The van der Waals surface area contributed by atoms with E-state index in [-0.39, 0.29) is 0 Å². The summed E-state index contributed by atoms with van der Waals surface area (Å²) in [6.45, 7) is 0. The first-order valence-corrected chi connectivity index (χ1v) is 4.80. The molecule has 1 aromatic carbocycles. The molecule has 0 atom stereocenters. The number of fused-ring (bicyclic) bond motifs is 1. The molecule has 0 saturated carbocycles. The molecule has 2 heterocycles. The SMILES string of the molecule is N#Cc1ncc(-c2coc3ccccc23)[nH]1. The van der Waals surface area contributed by atoms with Crippen molar-refractivity contribution in [2.45, 2.75) is 0 Å². The second-order valence-corrected chi connectivity index (χ2v) is 3.40. The molecule has 0 aliphatic rings. The van der Waals surface area contributed by atoms with E-state index in [9.17, 15) is 0 Å². The van der Waals surface area contributed by atoms with Crippen molar-refractivity contribution >= 4 is 11.0 Å². The van der Waals surface area contributed by atoms with E-state index < -0.39 is 0 Å². The van der Waals surface area contributed by atoms with Gasteiger partial charge in [-0.3, -0.25) is 0 Å². The Labute approximate surface area is 91.2 Å². The van der Waals surface area contributed by atoms with E-state index in [0.717, 1.165) is 22.2 Å². The largest absolute Gasteiger partial charge is 0.464 e. The van der Waals surface area contributed by atoms with E-state index in [2.05, 4.69) is 9.97 Å². The molecule has 16 heavy (non-hydrogen) atoms. The Hall–Kier alpha value is -2.54. The molecule has 3 rings (SSSR count). The lowest BCUT2D eigenvalue weighted by atomic mass is 10.1. The molecule has 1 N–H and O–H groups in total. The average Bonchev–Trinajstić information content (AvgIpc) is 2.94. The normalized spacial score (nSPS) is 10.4. The fraction of sp³-hybridized carbons (Fsp3) is 0. The van der Waals surface area contributed by atoms with Crippen LogP contribution in [0.1, 0.15) is 5.82 Å². The molecule has 0 aliphatic carbocycles. The molecule has 0 unspecified atom stereocenters. The minimum atomic E-state index is 0.306. The third-order valence-corrected chi connectivity index (χ3v) is 2.45. The fourth-order valence-corrected chi connectivity index (χ4v) is 1.70. The number of aromatic amines is 1. The summed E-state index contributed by atoms with van der Waals surface area (Å²) in [5.41, 5.74) is 2.54. The van der Waals surface area contributed by atoms with Crippen molar-refractivity contribution in [1.82, 2.24) is 9.97 Å². The molecule has 0 amide bonds. The van der Waals surface area contributed by atoms with Crippen LogP contribution < -0.4 is 0 Å². The zero-order valence-corrected chi connectivity index (χ0v) is 8.27. The molecular weight excluding hydrogens is 202 g/mol. The number of hydrogen-bond acceptors (Lipinski definition) is 3. The number of aromatic nitrogens is 2. The Bertz CT molecular complexity index is 687. The van der Waals surface area contributed by atoms with Crippen molar-refractivity contribution in [3.05, 3.63) is 42.5 Å². The van der Waals surface area contributed by atoms with Crippen molar-refractivity contribution in [3.63, 3.8) is 0 Å². The lowest BCUT2D eigenvalue weighted by Gasteiger charge is -1.91. The summed E-state index contributed by atoms with van der Waals surface area (Å²) >= 11 is 0. The Kier molecular flexibility index (Phi) is 1.77. The highest BCUT2D eigenvalue weighted by atomic mass is 16.3. The summed E-state index contributed by atoms with van der Waals surface area (Å²) in [6, 6.07) is 9.70. The standard InChI is InChI=1S/C12H7N3O/c13-5-12-14-6-10(15-12)9-7-16-11-4-2-1-3-8(9)11/h1-4,6-7H,(H,14,15). The highest BCUT2D eigenvalue weighted by Crippen LogP contribution is 2.28. The van der Waals surface area contributed by atoms with Crippen LogP contribution in [-0.4, -0.2) is 9.97 Å². The molecule has 0 radical (unpaired) electrons. The number of rotatable bonds is 1. The monoisotopic (exact) mass is 209 g/mol. The minimum absolute atomic E-state index is 0.306. The van der Waals surface area contributed by atoms with Gasteiger partial charge < -0.3 is 9.40 Å². The minimum Gasteiger partial charge on any atom is -0.464 e. The van der Waals surface area contributed by atoms with Crippen LogP contribution in [0.25, 0.3) is 22.2 Å². The summed E-state index contributed by atoms with van der Waals surface area (Å²) in [6.07, 6.45) is 3.30. The maximum absolute atomic E-state index is 8.69. The third kappa shape index (κ3) is 1.19. The van der Waals surface area contributed by atoms with Crippen LogP contribution >= 0.6 is 0 Å². The lowest BCUT2D eigenvalue weighted by Crippen LogP contribution is -1.76. The molecule has 0 spiro atoms. The number of hydrogen-bond donors (Lipinski definition) is 1. The van der Waals surface area contributed by atoms with Crippen molar-refractivity contribution in [3.8, 4) is 17.3 Å². The average molecular weight is 209 g/mol. The van der Waals surface area contributed by atoms with Crippen LogP contribution in [-0.2, 0) is 0 Å². The second kappa shape index (κ2) is 3.24. The summed E-state index contributed by atoms with van der Waals surface area (Å²) in [5.74, 6) is 0.306. The maximum atomic E-state index is 8.69. The zero-order valence-electron chi connectivity index (χ0n) is 8.27. The van der Waals surface area contributed by atoms with Gasteiger partial charge in [0.2, 0.25) is 5.82 Å². The van der Waals surface area contributed by atoms with Gasteiger partial charge in [-0.15, -0.1) is 0 Å². The smallest absolute Gasteiger partial charge is 0.210 e. The quantitative estimate of drug-likeness (QED) is 0.670. The van der Waals surface area contributed by atoms with Crippen LogP contribution in [0, 0.1) is 11.3 Å². The van der Waals surface area contributed by atoms with E-state index >= 15 is 0 Å². The van der Waals surface area contributed by atoms with Crippen molar-refractivity contribution < 1.29 is 4.42 Å². The van der Waals surface area contributed by atoms with Crippen molar-refractivity contribution in [2.24, 2.45) is 0 Å². The van der Waals surface area contributed by atoms with Crippen LogP contribution in [0.15, 0.2) is 41.1 Å². The van der Waals surface area contributed by atoms with E-state index in [4.69, 9.17) is 9.68 Å².